The van der Waals surface area contributed by atoms with Crippen LogP contribution in [0.25, 0.3) is 10.9 Å². The maximum absolute atomic E-state index is 12.5. The third-order valence-corrected chi connectivity index (χ3v) is 5.87. The summed E-state index contributed by atoms with van der Waals surface area (Å²) in [4.78, 5) is 19.3. The maximum Gasteiger partial charge on any atom is 0.220 e. The number of carbonyl (C=O) groups is 1. The molecule has 1 aromatic carbocycles. The van der Waals surface area contributed by atoms with Gasteiger partial charge in [0.2, 0.25) is 5.91 Å². The van der Waals surface area contributed by atoms with Crippen LogP contribution in [-0.4, -0.2) is 43.1 Å². The van der Waals surface area contributed by atoms with E-state index in [2.05, 4.69) is 33.5 Å². The second kappa shape index (κ2) is 8.15. The molecular formula is C22H27N5O. The lowest BCUT2D eigenvalue weighted by molar-refractivity contribution is -0.122. The monoisotopic (exact) mass is 377 g/mol. The standard InChI is InChI=1S/C22H27N5O/c1-15-9-18(26-21(28)10-16-6-8-24-12-16)14-27(13-15)20-5-4-17(11-23)22-19(20)3-2-7-25-22/h2-5,7,15-16,18,24H,6,8-10,12-14H2,1H3,(H,26,28)/t15-,16?,18+/m0/s1. The Morgan fingerprint density at radius 3 is 3.07 bits per heavy atom. The Balaban J connectivity index is 1.51. The van der Waals surface area contributed by atoms with Gasteiger partial charge in [0, 0.05) is 42.8 Å². The van der Waals surface area contributed by atoms with E-state index in [-0.39, 0.29) is 11.9 Å². The molecule has 2 aliphatic heterocycles. The highest BCUT2D eigenvalue weighted by molar-refractivity contribution is 5.95. The number of nitrogens with one attached hydrogen (secondary N) is 2. The molecule has 1 unspecified atom stereocenters. The first kappa shape index (κ1) is 18.7. The Labute approximate surface area is 165 Å². The fourth-order valence-corrected chi connectivity index (χ4v) is 4.61. The third-order valence-electron chi connectivity index (χ3n) is 5.87. The van der Waals surface area contributed by atoms with Crippen molar-refractivity contribution in [1.29, 1.82) is 5.26 Å². The molecule has 28 heavy (non-hydrogen) atoms. The molecule has 146 valence electrons. The second-order valence-corrected chi connectivity index (χ2v) is 8.22. The molecule has 3 atom stereocenters. The number of carbonyl (C=O) groups excluding carboxylic acids is 1. The number of aromatic nitrogens is 1. The van der Waals surface area contributed by atoms with Gasteiger partial charge < -0.3 is 15.5 Å². The minimum absolute atomic E-state index is 0.146. The van der Waals surface area contributed by atoms with Gasteiger partial charge in [-0.15, -0.1) is 0 Å². The minimum Gasteiger partial charge on any atom is -0.369 e. The summed E-state index contributed by atoms with van der Waals surface area (Å²) in [7, 11) is 0. The maximum atomic E-state index is 12.5. The van der Waals surface area contributed by atoms with Crippen LogP contribution in [0.4, 0.5) is 5.69 Å². The SMILES string of the molecule is C[C@H]1C[C@@H](NC(=O)CC2CCNC2)CN(c2ccc(C#N)c3ncccc23)C1. The molecule has 0 spiro atoms. The Morgan fingerprint density at radius 2 is 2.29 bits per heavy atom. The number of hydrogen-bond acceptors (Lipinski definition) is 5. The van der Waals surface area contributed by atoms with E-state index in [0.29, 0.717) is 23.8 Å². The first-order valence-electron chi connectivity index (χ1n) is 10.2. The van der Waals surface area contributed by atoms with E-state index in [9.17, 15) is 10.1 Å². The molecule has 1 amide bonds. The number of piperidine rings is 1. The van der Waals surface area contributed by atoms with Gasteiger partial charge in [0.1, 0.15) is 6.07 Å². The van der Waals surface area contributed by atoms with Crippen molar-refractivity contribution >= 4 is 22.5 Å². The van der Waals surface area contributed by atoms with Gasteiger partial charge in [-0.25, -0.2) is 0 Å². The Morgan fingerprint density at radius 1 is 1.39 bits per heavy atom. The van der Waals surface area contributed by atoms with Crippen LogP contribution in [0.3, 0.4) is 0 Å². The number of pyridine rings is 1. The zero-order valence-corrected chi connectivity index (χ0v) is 16.3. The number of amides is 1. The van der Waals surface area contributed by atoms with E-state index < -0.39 is 0 Å². The van der Waals surface area contributed by atoms with E-state index in [0.717, 1.165) is 55.6 Å². The van der Waals surface area contributed by atoms with E-state index >= 15 is 0 Å². The van der Waals surface area contributed by atoms with Gasteiger partial charge in [-0.3, -0.25) is 9.78 Å². The van der Waals surface area contributed by atoms with Crippen molar-refractivity contribution in [3.63, 3.8) is 0 Å². The van der Waals surface area contributed by atoms with Crippen LogP contribution in [0.2, 0.25) is 0 Å². The molecule has 3 heterocycles. The number of anilines is 1. The van der Waals surface area contributed by atoms with Crippen molar-refractivity contribution in [1.82, 2.24) is 15.6 Å². The van der Waals surface area contributed by atoms with E-state index in [1.165, 1.54) is 0 Å². The van der Waals surface area contributed by atoms with Gasteiger partial charge >= 0.3 is 0 Å². The van der Waals surface area contributed by atoms with Crippen LogP contribution >= 0.6 is 0 Å². The lowest BCUT2D eigenvalue weighted by Crippen LogP contribution is -2.50. The zero-order valence-electron chi connectivity index (χ0n) is 16.3. The van der Waals surface area contributed by atoms with Gasteiger partial charge in [0.25, 0.3) is 0 Å². The predicted octanol–water partition coefficient (Wildman–Crippen LogP) is 2.44. The fraction of sp³-hybridized carbons (Fsp3) is 0.500. The van der Waals surface area contributed by atoms with E-state index in [1.54, 1.807) is 6.20 Å². The van der Waals surface area contributed by atoms with E-state index in [1.807, 2.05) is 24.3 Å². The summed E-state index contributed by atoms with van der Waals surface area (Å²) < 4.78 is 0. The number of rotatable bonds is 4. The molecule has 0 bridgehead atoms. The summed E-state index contributed by atoms with van der Waals surface area (Å²) in [6.07, 6.45) is 4.43. The first-order chi connectivity index (χ1) is 13.6. The summed E-state index contributed by atoms with van der Waals surface area (Å²) in [6, 6.07) is 10.2. The summed E-state index contributed by atoms with van der Waals surface area (Å²) in [6.45, 7) is 5.93. The molecule has 0 saturated carbocycles. The molecule has 0 aliphatic carbocycles. The van der Waals surface area contributed by atoms with Crippen molar-refractivity contribution in [3.05, 3.63) is 36.0 Å². The topological polar surface area (TPSA) is 81.0 Å². The fourth-order valence-electron chi connectivity index (χ4n) is 4.61. The molecule has 2 aromatic rings. The highest BCUT2D eigenvalue weighted by Gasteiger charge is 2.28. The average molecular weight is 377 g/mol. The molecule has 2 saturated heterocycles. The summed E-state index contributed by atoms with van der Waals surface area (Å²) in [5.74, 6) is 1.11. The predicted molar refractivity (Wildman–Crippen MR) is 110 cm³/mol. The minimum atomic E-state index is 0.146. The highest BCUT2D eigenvalue weighted by Crippen LogP contribution is 2.31. The van der Waals surface area contributed by atoms with Crippen LogP contribution in [0.1, 0.15) is 31.7 Å². The molecule has 0 radical (unpaired) electrons. The molecule has 6 nitrogen and oxygen atoms in total. The smallest absolute Gasteiger partial charge is 0.220 e. The molecule has 4 rings (SSSR count). The van der Waals surface area contributed by atoms with Gasteiger partial charge in [-0.05, 0) is 62.0 Å². The van der Waals surface area contributed by atoms with Gasteiger partial charge in [-0.1, -0.05) is 6.92 Å². The molecule has 6 heteroatoms. The highest BCUT2D eigenvalue weighted by atomic mass is 16.1. The average Bonchev–Trinajstić information content (AvgIpc) is 3.19. The number of nitrogens with zero attached hydrogens (tertiary/aromatic N) is 3. The first-order valence-corrected chi connectivity index (χ1v) is 10.2. The van der Waals surface area contributed by atoms with Crippen LogP contribution in [0.15, 0.2) is 30.5 Å². The largest absolute Gasteiger partial charge is 0.369 e. The molecule has 2 fully saturated rings. The summed E-state index contributed by atoms with van der Waals surface area (Å²) in [5, 5.41) is 17.0. The summed E-state index contributed by atoms with van der Waals surface area (Å²) >= 11 is 0. The van der Waals surface area contributed by atoms with Gasteiger partial charge in [0.05, 0.1) is 11.1 Å². The number of benzene rings is 1. The lowest BCUT2D eigenvalue weighted by atomic mass is 9.94. The third kappa shape index (κ3) is 3.95. The molecule has 2 aliphatic rings. The second-order valence-electron chi connectivity index (χ2n) is 8.22. The number of hydrogen-bond donors (Lipinski definition) is 2. The zero-order chi connectivity index (χ0) is 19.5. The van der Waals surface area contributed by atoms with Crippen molar-refractivity contribution in [2.45, 2.75) is 32.2 Å². The molecular weight excluding hydrogens is 350 g/mol. The quantitative estimate of drug-likeness (QED) is 0.855. The van der Waals surface area contributed by atoms with Crippen molar-refractivity contribution in [2.24, 2.45) is 11.8 Å². The van der Waals surface area contributed by atoms with E-state index in [4.69, 9.17) is 0 Å². The Hall–Kier alpha value is -2.65. The van der Waals surface area contributed by atoms with Crippen LogP contribution in [-0.2, 0) is 4.79 Å². The Kier molecular flexibility index (Phi) is 5.45. The number of fused-ring (bicyclic) bond motifs is 1. The number of nitriles is 1. The van der Waals surface area contributed by atoms with Crippen molar-refractivity contribution in [2.75, 3.05) is 31.1 Å². The van der Waals surface area contributed by atoms with Crippen molar-refractivity contribution in [3.8, 4) is 6.07 Å². The van der Waals surface area contributed by atoms with Gasteiger partial charge in [-0.2, -0.15) is 5.26 Å². The van der Waals surface area contributed by atoms with Crippen molar-refractivity contribution < 1.29 is 4.79 Å². The van der Waals surface area contributed by atoms with Crippen LogP contribution < -0.4 is 15.5 Å². The molecule has 2 N–H and O–H groups in total. The van der Waals surface area contributed by atoms with Crippen LogP contribution in [0, 0.1) is 23.2 Å². The summed E-state index contributed by atoms with van der Waals surface area (Å²) in [5.41, 5.74) is 2.43. The normalized spacial score (nSPS) is 24.9. The van der Waals surface area contributed by atoms with Crippen LogP contribution in [0.5, 0.6) is 0 Å². The van der Waals surface area contributed by atoms with Gasteiger partial charge in [0.15, 0.2) is 0 Å². The molecule has 1 aromatic heterocycles. The Bertz CT molecular complexity index is 899. The lowest BCUT2D eigenvalue weighted by Gasteiger charge is -2.39.